The van der Waals surface area contributed by atoms with Crippen molar-refractivity contribution in [3.63, 3.8) is 0 Å². The highest BCUT2D eigenvalue weighted by Crippen LogP contribution is 2.47. The maximum atomic E-state index is 13.6. The fourth-order valence-corrected chi connectivity index (χ4v) is 8.64. The van der Waals surface area contributed by atoms with Crippen molar-refractivity contribution in [3.05, 3.63) is 52.6 Å². The van der Waals surface area contributed by atoms with Gasteiger partial charge in [-0.05, 0) is 56.2 Å². The molecular weight excluding hydrogens is 841 g/mol. The van der Waals surface area contributed by atoms with Crippen molar-refractivity contribution in [1.82, 2.24) is 25.3 Å². The number of amides is 8. The molecule has 3 aliphatic rings. The van der Waals surface area contributed by atoms with Crippen molar-refractivity contribution >= 4 is 77.2 Å². The van der Waals surface area contributed by atoms with Gasteiger partial charge in [-0.3, -0.25) is 44.0 Å². The van der Waals surface area contributed by atoms with E-state index in [1.807, 2.05) is 0 Å². The fourth-order valence-electron chi connectivity index (χ4n) is 7.50. The third-order valence-corrected chi connectivity index (χ3v) is 11.9. The molecule has 5 atom stereocenters. The zero-order valence-corrected chi connectivity index (χ0v) is 36.3. The monoisotopic (exact) mass is 896 g/mol. The SMILES string of the molecule is CC(C)[C@H](NC(=O)CCCCCN1C(=O)C=CC1=O)C(=O)C[C@@H](CCCNC(N)=O)C(=O)Nc1ccc(COC(=O)N(C=N)CCSC2=C(C(=O)O)N3C(=O)[C@H]([C@@H](C)O)[C@H]3C2)cc1. The van der Waals surface area contributed by atoms with Gasteiger partial charge in [0.05, 0.1) is 30.4 Å². The number of hydrogen-bond donors (Lipinski definition) is 7. The summed E-state index contributed by atoms with van der Waals surface area (Å²) in [5, 5.41) is 35.5. The van der Waals surface area contributed by atoms with Crippen LogP contribution in [-0.2, 0) is 44.9 Å². The Morgan fingerprint density at radius 3 is 2.30 bits per heavy atom. The summed E-state index contributed by atoms with van der Waals surface area (Å²) in [4.78, 5) is 116. The van der Waals surface area contributed by atoms with E-state index in [2.05, 4.69) is 16.0 Å². The minimum Gasteiger partial charge on any atom is -0.477 e. The van der Waals surface area contributed by atoms with Gasteiger partial charge in [-0.15, -0.1) is 11.8 Å². The summed E-state index contributed by atoms with van der Waals surface area (Å²) in [6, 6.07) is 4.35. The number of nitrogens with one attached hydrogen (secondary N) is 4. The molecule has 0 aliphatic carbocycles. The molecule has 21 heteroatoms. The Morgan fingerprint density at radius 2 is 1.70 bits per heavy atom. The van der Waals surface area contributed by atoms with Crippen LogP contribution in [0.2, 0.25) is 0 Å². The van der Waals surface area contributed by atoms with E-state index < -0.39 is 59.9 Å². The van der Waals surface area contributed by atoms with Crippen LogP contribution in [0.25, 0.3) is 0 Å². The van der Waals surface area contributed by atoms with E-state index in [0.717, 1.165) is 27.9 Å². The third kappa shape index (κ3) is 13.7. The molecule has 0 unspecified atom stereocenters. The molecule has 8 N–H and O–H groups in total. The predicted molar refractivity (Wildman–Crippen MR) is 229 cm³/mol. The van der Waals surface area contributed by atoms with E-state index in [0.29, 0.717) is 41.8 Å². The number of nitrogens with zero attached hydrogens (tertiary/aromatic N) is 3. The van der Waals surface area contributed by atoms with Crippen LogP contribution in [-0.4, -0.2) is 128 Å². The number of primary amides is 1. The zero-order valence-electron chi connectivity index (χ0n) is 35.5. The predicted octanol–water partition coefficient (Wildman–Crippen LogP) is 2.46. The first-order valence-electron chi connectivity index (χ1n) is 20.8. The number of aliphatic hydroxyl groups excluding tert-OH is 1. The second kappa shape index (κ2) is 23.4. The number of benzene rings is 1. The van der Waals surface area contributed by atoms with Crippen molar-refractivity contribution in [2.45, 2.75) is 96.9 Å². The van der Waals surface area contributed by atoms with E-state index in [1.54, 1.807) is 38.1 Å². The van der Waals surface area contributed by atoms with Crippen LogP contribution in [0.15, 0.2) is 47.0 Å². The van der Waals surface area contributed by atoms with E-state index in [1.165, 1.54) is 24.0 Å². The van der Waals surface area contributed by atoms with Crippen molar-refractivity contribution in [2.75, 3.05) is 30.7 Å². The Balaban J connectivity index is 1.26. The highest BCUT2D eigenvalue weighted by atomic mass is 32.2. The summed E-state index contributed by atoms with van der Waals surface area (Å²) in [6.45, 7) is 5.30. The smallest absolute Gasteiger partial charge is 0.415 e. The van der Waals surface area contributed by atoms with Crippen LogP contribution in [0.3, 0.4) is 0 Å². The van der Waals surface area contributed by atoms with E-state index in [4.69, 9.17) is 15.9 Å². The molecule has 3 heterocycles. The van der Waals surface area contributed by atoms with Gasteiger partial charge < -0.3 is 41.5 Å². The number of carboxylic acids is 1. The number of Topliss-reactive ketones (excluding diaryl/α,β-unsaturated/α-hetero) is 1. The number of rotatable bonds is 26. The Bertz CT molecular complexity index is 1970. The number of carbonyl (C=O) groups is 9. The first-order chi connectivity index (χ1) is 29.9. The Labute approximate surface area is 368 Å². The number of anilines is 1. The third-order valence-electron chi connectivity index (χ3n) is 10.8. The number of nitrogens with two attached hydrogens (primary N) is 1. The van der Waals surface area contributed by atoms with Gasteiger partial charge >= 0.3 is 18.1 Å². The van der Waals surface area contributed by atoms with Crippen molar-refractivity contribution in [2.24, 2.45) is 23.5 Å². The van der Waals surface area contributed by atoms with Gasteiger partial charge in [-0.2, -0.15) is 0 Å². The molecule has 1 fully saturated rings. The number of carboxylic acid groups (broad SMARTS) is 1. The average Bonchev–Trinajstić information content (AvgIpc) is 3.73. The zero-order chi connectivity index (χ0) is 46.4. The normalized spacial score (nSPS) is 18.1. The molecular formula is C42H56N8O12S. The molecule has 1 aromatic rings. The van der Waals surface area contributed by atoms with Crippen LogP contribution >= 0.6 is 11.8 Å². The average molecular weight is 897 g/mol. The highest BCUT2D eigenvalue weighted by Gasteiger charge is 2.56. The Kier molecular flexibility index (Phi) is 18.4. The quantitative estimate of drug-likeness (QED) is 0.0232. The lowest BCUT2D eigenvalue weighted by Crippen LogP contribution is -2.61. The first-order valence-corrected chi connectivity index (χ1v) is 21.7. The molecule has 1 saturated heterocycles. The van der Waals surface area contributed by atoms with Crippen LogP contribution < -0.4 is 21.7 Å². The number of unbranched alkanes of at least 4 members (excludes halogenated alkanes) is 2. The summed E-state index contributed by atoms with van der Waals surface area (Å²) < 4.78 is 5.38. The lowest BCUT2D eigenvalue weighted by molar-refractivity contribution is -0.161. The van der Waals surface area contributed by atoms with Crippen LogP contribution in [0, 0.1) is 23.2 Å². The minimum absolute atomic E-state index is 0.00642. The van der Waals surface area contributed by atoms with Crippen molar-refractivity contribution in [3.8, 4) is 0 Å². The van der Waals surface area contributed by atoms with E-state index in [9.17, 15) is 53.4 Å². The van der Waals surface area contributed by atoms with Crippen LogP contribution in [0.1, 0.15) is 77.7 Å². The molecule has 0 radical (unpaired) electrons. The number of urea groups is 1. The standard InChI is InChI=1S/C42H56N8O12S/c1-24(2)36(47-32(53)9-5-4-6-17-49-33(54)14-15-34(49)55)30(52)20-27(8-7-16-45-41(44)60)38(56)46-28-12-10-26(11-13-28)22-62-42(61)48(23-43)18-19-63-31-21-29-35(25(3)51)39(57)50(29)37(31)40(58)59/h10-15,23-25,27,29,35-36,43,51H,4-9,16-22H2,1-3H3,(H,46,56)(H,47,53)(H,58,59)(H3,44,45,60)/t25-,27-,29-,35-,36+/m1/s1. The molecule has 0 aromatic heterocycles. The lowest BCUT2D eigenvalue weighted by atomic mass is 9.83. The second-order valence-corrected chi connectivity index (χ2v) is 17.0. The number of hydrogen-bond acceptors (Lipinski definition) is 13. The maximum absolute atomic E-state index is 13.6. The van der Waals surface area contributed by atoms with Gasteiger partial charge in [-0.25, -0.2) is 14.4 Å². The molecule has 4 rings (SSSR count). The number of thioether (sulfide) groups is 1. The number of β-lactam (4-membered cyclic amide) rings is 1. The van der Waals surface area contributed by atoms with E-state index >= 15 is 0 Å². The Morgan fingerprint density at radius 1 is 1.02 bits per heavy atom. The summed E-state index contributed by atoms with van der Waals surface area (Å²) in [5.41, 5.74) is 5.99. The number of fused-ring (bicyclic) bond motifs is 1. The number of aliphatic hydroxyl groups is 1. The Hall–Kier alpha value is -6.09. The summed E-state index contributed by atoms with van der Waals surface area (Å²) >= 11 is 1.15. The van der Waals surface area contributed by atoms with Crippen molar-refractivity contribution < 1.29 is 58.1 Å². The molecule has 342 valence electrons. The van der Waals surface area contributed by atoms with Gasteiger partial charge in [0.2, 0.25) is 17.7 Å². The molecule has 20 nitrogen and oxygen atoms in total. The summed E-state index contributed by atoms with van der Waals surface area (Å²) in [6.07, 6.45) is 3.80. The summed E-state index contributed by atoms with van der Waals surface area (Å²) in [5.74, 6) is -5.19. The molecule has 8 amide bonds. The number of ether oxygens (including phenoxy) is 1. The number of aliphatic carboxylic acids is 1. The maximum Gasteiger partial charge on any atom is 0.415 e. The molecule has 0 saturated carbocycles. The molecule has 0 spiro atoms. The number of imide groups is 1. The minimum atomic E-state index is -1.26. The fraction of sp³-hybridized carbons (Fsp3) is 0.524. The van der Waals surface area contributed by atoms with Gasteiger partial charge in [0.15, 0.2) is 5.78 Å². The highest BCUT2D eigenvalue weighted by molar-refractivity contribution is 8.03. The first kappa shape index (κ1) is 49.6. The number of carbonyl (C=O) groups excluding carboxylic acids is 8. The van der Waals surface area contributed by atoms with Gasteiger partial charge in [0.1, 0.15) is 12.3 Å². The second-order valence-electron chi connectivity index (χ2n) is 15.8. The summed E-state index contributed by atoms with van der Waals surface area (Å²) in [7, 11) is 0. The van der Waals surface area contributed by atoms with E-state index in [-0.39, 0.29) is 92.8 Å². The van der Waals surface area contributed by atoms with Crippen LogP contribution in [0.5, 0.6) is 0 Å². The van der Waals surface area contributed by atoms with Gasteiger partial charge in [0.25, 0.3) is 11.8 Å². The molecule has 0 bridgehead atoms. The number of ketones is 1. The molecule has 1 aromatic carbocycles. The molecule has 63 heavy (non-hydrogen) atoms. The largest absolute Gasteiger partial charge is 0.477 e. The van der Waals surface area contributed by atoms with Gasteiger partial charge in [0, 0.05) is 73.3 Å². The van der Waals surface area contributed by atoms with Gasteiger partial charge in [-0.1, -0.05) is 32.4 Å². The molecule has 3 aliphatic heterocycles. The van der Waals surface area contributed by atoms with Crippen LogP contribution in [0.4, 0.5) is 15.3 Å². The lowest BCUT2D eigenvalue weighted by Gasteiger charge is -2.44. The topological polar surface area (TPSA) is 299 Å². The van der Waals surface area contributed by atoms with Crippen molar-refractivity contribution in [1.29, 1.82) is 5.41 Å².